The third kappa shape index (κ3) is 4.04. The molecule has 0 spiro atoms. The number of carbonyl (C=O) groups is 1. The molecule has 2 aromatic carbocycles. The summed E-state index contributed by atoms with van der Waals surface area (Å²) in [5.41, 5.74) is 1.28. The Morgan fingerprint density at radius 1 is 1.04 bits per heavy atom. The Hall–Kier alpha value is -3.59. The highest BCUT2D eigenvalue weighted by Gasteiger charge is 2.12. The number of phenolic OH excluding ortho intramolecular Hbond substituents is 1. The number of carbonyl (C=O) groups excluding carboxylic acids is 1. The largest absolute Gasteiger partial charge is 0.508 e. The first-order valence-corrected chi connectivity index (χ1v) is 9.15. The van der Waals surface area contributed by atoms with E-state index in [-0.39, 0.29) is 22.6 Å². The predicted molar refractivity (Wildman–Crippen MR) is 103 cm³/mol. The number of phenols is 1. The maximum atomic E-state index is 12.2. The van der Waals surface area contributed by atoms with Gasteiger partial charge in [-0.25, -0.2) is 4.79 Å². The van der Waals surface area contributed by atoms with Crippen LogP contribution in [0.4, 0.5) is 5.69 Å². The molecule has 0 saturated carbocycles. The number of aromatic nitrogens is 2. The molecule has 0 aliphatic heterocycles. The van der Waals surface area contributed by atoms with E-state index in [0.29, 0.717) is 28.1 Å². The van der Waals surface area contributed by atoms with E-state index in [1.807, 2.05) is 0 Å². The first kappa shape index (κ1) is 17.8. The maximum absolute atomic E-state index is 12.2. The van der Waals surface area contributed by atoms with Crippen molar-refractivity contribution in [3.05, 3.63) is 65.0 Å². The van der Waals surface area contributed by atoms with Gasteiger partial charge in [0, 0.05) is 22.7 Å². The molecule has 1 amide bonds. The van der Waals surface area contributed by atoms with Crippen LogP contribution in [0.1, 0.15) is 0 Å². The van der Waals surface area contributed by atoms with Gasteiger partial charge in [0.2, 0.25) is 11.8 Å². The summed E-state index contributed by atoms with van der Waals surface area (Å²) < 4.78 is 10.6. The molecule has 4 rings (SSSR count). The zero-order chi connectivity index (χ0) is 19.5. The van der Waals surface area contributed by atoms with Crippen LogP contribution in [0.5, 0.6) is 5.75 Å². The van der Waals surface area contributed by atoms with E-state index in [1.165, 1.54) is 18.2 Å². The molecule has 0 radical (unpaired) electrons. The Morgan fingerprint density at radius 3 is 2.68 bits per heavy atom. The molecule has 0 atom stereocenters. The van der Waals surface area contributed by atoms with Crippen LogP contribution in [0.25, 0.3) is 22.4 Å². The minimum atomic E-state index is -0.424. The number of hydrogen-bond donors (Lipinski definition) is 2. The van der Waals surface area contributed by atoms with E-state index in [2.05, 4.69) is 15.5 Å². The van der Waals surface area contributed by atoms with Gasteiger partial charge in [0.25, 0.3) is 5.22 Å². The van der Waals surface area contributed by atoms with Gasteiger partial charge < -0.3 is 19.3 Å². The number of fused-ring (bicyclic) bond motifs is 1. The maximum Gasteiger partial charge on any atom is 0.336 e. The number of thioether (sulfide) groups is 1. The molecule has 0 aliphatic carbocycles. The second kappa shape index (κ2) is 7.57. The van der Waals surface area contributed by atoms with E-state index >= 15 is 0 Å². The van der Waals surface area contributed by atoms with E-state index in [4.69, 9.17) is 8.83 Å². The van der Waals surface area contributed by atoms with Crippen LogP contribution in [0.15, 0.2) is 73.4 Å². The number of benzene rings is 2. The lowest BCUT2D eigenvalue weighted by molar-refractivity contribution is -0.113. The summed E-state index contributed by atoms with van der Waals surface area (Å²) in [6.07, 6.45) is 0. The second-order valence-corrected chi connectivity index (χ2v) is 6.69. The monoisotopic (exact) mass is 395 g/mol. The summed E-state index contributed by atoms with van der Waals surface area (Å²) in [7, 11) is 0. The Morgan fingerprint density at radius 2 is 1.86 bits per heavy atom. The van der Waals surface area contributed by atoms with Crippen LogP contribution in [-0.4, -0.2) is 27.0 Å². The van der Waals surface area contributed by atoms with Crippen molar-refractivity contribution < 1.29 is 18.7 Å². The van der Waals surface area contributed by atoms with Crippen LogP contribution < -0.4 is 10.9 Å². The molecular formula is C19H13N3O5S. The molecule has 28 heavy (non-hydrogen) atoms. The first-order valence-electron chi connectivity index (χ1n) is 8.16. The molecular weight excluding hydrogens is 382 g/mol. The molecule has 2 heterocycles. The van der Waals surface area contributed by atoms with Gasteiger partial charge in [0.1, 0.15) is 11.3 Å². The third-order valence-electron chi connectivity index (χ3n) is 3.75. The minimum absolute atomic E-state index is 0.0825. The van der Waals surface area contributed by atoms with Crippen LogP contribution >= 0.6 is 11.8 Å². The van der Waals surface area contributed by atoms with Gasteiger partial charge >= 0.3 is 5.63 Å². The Bertz CT molecular complexity index is 1200. The average Bonchev–Trinajstić information content (AvgIpc) is 3.16. The zero-order valence-corrected chi connectivity index (χ0v) is 15.1. The fourth-order valence-corrected chi connectivity index (χ4v) is 3.03. The lowest BCUT2D eigenvalue weighted by Crippen LogP contribution is -2.14. The topological polar surface area (TPSA) is 118 Å². The number of nitrogens with zero attached hydrogens (tertiary/aromatic N) is 2. The third-order valence-corrected chi connectivity index (χ3v) is 4.57. The Labute approximate surface area is 162 Å². The SMILES string of the molecule is O=C(CSc1nnc(-c2ccc(O)cc2)o1)Nc1ccc2oc(=O)ccc2c1. The van der Waals surface area contributed by atoms with Gasteiger partial charge in [0.15, 0.2) is 0 Å². The molecule has 0 bridgehead atoms. The van der Waals surface area contributed by atoms with Crippen LogP contribution in [-0.2, 0) is 4.79 Å². The highest BCUT2D eigenvalue weighted by Crippen LogP contribution is 2.25. The molecule has 0 aliphatic rings. The predicted octanol–water partition coefficient (Wildman–Crippen LogP) is 3.28. The van der Waals surface area contributed by atoms with Crippen molar-refractivity contribution in [2.75, 3.05) is 11.1 Å². The van der Waals surface area contributed by atoms with E-state index in [1.54, 1.807) is 36.4 Å². The average molecular weight is 395 g/mol. The quantitative estimate of drug-likeness (QED) is 0.390. The summed E-state index contributed by atoms with van der Waals surface area (Å²) in [5.74, 6) is 0.287. The molecule has 2 aromatic heterocycles. The van der Waals surface area contributed by atoms with Crippen molar-refractivity contribution in [1.82, 2.24) is 10.2 Å². The first-order chi connectivity index (χ1) is 13.6. The normalized spacial score (nSPS) is 10.9. The lowest BCUT2D eigenvalue weighted by Gasteiger charge is -2.05. The highest BCUT2D eigenvalue weighted by atomic mass is 32.2. The molecule has 140 valence electrons. The highest BCUT2D eigenvalue weighted by molar-refractivity contribution is 7.99. The van der Waals surface area contributed by atoms with Gasteiger partial charge in [-0.05, 0) is 48.5 Å². The van der Waals surface area contributed by atoms with Gasteiger partial charge in [0.05, 0.1) is 5.75 Å². The van der Waals surface area contributed by atoms with Crippen molar-refractivity contribution >= 4 is 34.3 Å². The number of anilines is 1. The number of amides is 1. The van der Waals surface area contributed by atoms with Crippen molar-refractivity contribution in [2.45, 2.75) is 5.22 Å². The van der Waals surface area contributed by atoms with Gasteiger partial charge in [-0.1, -0.05) is 11.8 Å². The van der Waals surface area contributed by atoms with Gasteiger partial charge in [-0.15, -0.1) is 10.2 Å². The Balaban J connectivity index is 1.37. The summed E-state index contributed by atoms with van der Waals surface area (Å²) in [4.78, 5) is 23.4. The second-order valence-electron chi connectivity index (χ2n) is 5.76. The zero-order valence-electron chi connectivity index (χ0n) is 14.3. The van der Waals surface area contributed by atoms with Crippen LogP contribution in [0, 0.1) is 0 Å². The Kier molecular flexibility index (Phi) is 4.81. The fourth-order valence-electron chi connectivity index (χ4n) is 2.46. The lowest BCUT2D eigenvalue weighted by atomic mass is 10.2. The van der Waals surface area contributed by atoms with E-state index in [9.17, 15) is 14.7 Å². The summed E-state index contributed by atoms with van der Waals surface area (Å²) >= 11 is 1.11. The summed E-state index contributed by atoms with van der Waals surface area (Å²) in [5, 5.41) is 20.9. The standard InChI is InChI=1S/C19H13N3O5S/c23-14-5-1-11(2-6-14)18-21-22-19(27-18)28-10-16(24)20-13-4-7-15-12(9-13)3-8-17(25)26-15/h1-9,23H,10H2,(H,20,24). The number of hydrogen-bond acceptors (Lipinski definition) is 8. The summed E-state index contributed by atoms with van der Waals surface area (Å²) in [6, 6.07) is 14.3. The van der Waals surface area contributed by atoms with Crippen molar-refractivity contribution in [3.63, 3.8) is 0 Å². The van der Waals surface area contributed by atoms with Gasteiger partial charge in [-0.2, -0.15) is 0 Å². The van der Waals surface area contributed by atoms with Crippen molar-refractivity contribution in [2.24, 2.45) is 0 Å². The molecule has 0 unspecified atom stereocenters. The van der Waals surface area contributed by atoms with Crippen molar-refractivity contribution in [1.29, 1.82) is 0 Å². The number of nitrogens with one attached hydrogen (secondary N) is 1. The number of rotatable bonds is 5. The van der Waals surface area contributed by atoms with Crippen molar-refractivity contribution in [3.8, 4) is 17.2 Å². The van der Waals surface area contributed by atoms with E-state index < -0.39 is 5.63 Å². The van der Waals surface area contributed by atoms with Gasteiger partial charge in [-0.3, -0.25) is 4.79 Å². The summed E-state index contributed by atoms with van der Waals surface area (Å²) in [6.45, 7) is 0. The van der Waals surface area contributed by atoms with Crippen LogP contribution in [0.2, 0.25) is 0 Å². The van der Waals surface area contributed by atoms with E-state index in [0.717, 1.165) is 11.8 Å². The molecule has 8 nitrogen and oxygen atoms in total. The smallest absolute Gasteiger partial charge is 0.336 e. The fraction of sp³-hybridized carbons (Fsp3) is 0.0526. The molecule has 0 fully saturated rings. The molecule has 0 saturated heterocycles. The minimum Gasteiger partial charge on any atom is -0.508 e. The molecule has 4 aromatic rings. The number of aromatic hydroxyl groups is 1. The molecule has 2 N–H and O–H groups in total. The van der Waals surface area contributed by atoms with Crippen LogP contribution in [0.3, 0.4) is 0 Å². The molecule has 9 heteroatoms.